The molecule has 1 fully saturated rings. The summed E-state index contributed by atoms with van der Waals surface area (Å²) in [6.07, 6.45) is 2.83. The number of rotatable bonds is 9. The molecule has 20 heavy (non-hydrogen) atoms. The van der Waals surface area contributed by atoms with Crippen molar-refractivity contribution in [2.45, 2.75) is 51.6 Å². The maximum absolute atomic E-state index is 12.2. The third-order valence-corrected chi connectivity index (χ3v) is 3.98. The second kappa shape index (κ2) is 8.60. The summed E-state index contributed by atoms with van der Waals surface area (Å²) in [5.74, 6) is -0.149. The molecule has 1 N–H and O–H groups in total. The molecule has 0 aromatic carbocycles. The van der Waals surface area contributed by atoms with E-state index in [4.69, 9.17) is 9.47 Å². The van der Waals surface area contributed by atoms with Gasteiger partial charge in [-0.25, -0.2) is 0 Å². The van der Waals surface area contributed by atoms with Crippen molar-refractivity contribution < 1.29 is 14.3 Å². The minimum absolute atomic E-state index is 0.149. The predicted molar refractivity (Wildman–Crippen MR) is 79.8 cm³/mol. The molecular weight excluding hydrogens is 256 g/mol. The number of carbonyl (C=O) groups excluding carboxylic acids is 1. The molecule has 1 aliphatic heterocycles. The lowest BCUT2D eigenvalue weighted by Crippen LogP contribution is -2.53. The summed E-state index contributed by atoms with van der Waals surface area (Å²) in [5.41, 5.74) is -0.597. The molecule has 0 amide bonds. The molecule has 2 unspecified atom stereocenters. The van der Waals surface area contributed by atoms with Gasteiger partial charge in [0.25, 0.3) is 0 Å². The van der Waals surface area contributed by atoms with Crippen LogP contribution in [0.25, 0.3) is 0 Å². The van der Waals surface area contributed by atoms with E-state index in [9.17, 15) is 4.79 Å². The molecule has 118 valence electrons. The molecule has 0 aromatic heterocycles. The zero-order valence-electron chi connectivity index (χ0n) is 13.4. The SMILES string of the molecule is CCCNC(C)(CCN(C)C1CCOC1)C(=O)OCC. The van der Waals surface area contributed by atoms with Gasteiger partial charge in [0.1, 0.15) is 5.54 Å². The van der Waals surface area contributed by atoms with E-state index in [1.54, 1.807) is 0 Å². The molecule has 5 heteroatoms. The number of ether oxygens (including phenoxy) is 2. The number of hydrogen-bond donors (Lipinski definition) is 1. The molecule has 1 saturated heterocycles. The molecule has 1 rings (SSSR count). The van der Waals surface area contributed by atoms with Crippen LogP contribution >= 0.6 is 0 Å². The van der Waals surface area contributed by atoms with E-state index >= 15 is 0 Å². The minimum Gasteiger partial charge on any atom is -0.465 e. The van der Waals surface area contributed by atoms with Gasteiger partial charge in [0.05, 0.1) is 13.2 Å². The van der Waals surface area contributed by atoms with Crippen LogP contribution < -0.4 is 5.32 Å². The summed E-state index contributed by atoms with van der Waals surface area (Å²) < 4.78 is 10.6. The highest BCUT2D eigenvalue weighted by atomic mass is 16.5. The Morgan fingerprint density at radius 1 is 1.50 bits per heavy atom. The standard InChI is InChI=1S/C15H30N2O3/c1-5-9-16-15(3,14(18)20-6-2)8-10-17(4)13-7-11-19-12-13/h13,16H,5-12H2,1-4H3. The quantitative estimate of drug-likeness (QED) is 0.650. The highest BCUT2D eigenvalue weighted by molar-refractivity contribution is 5.80. The first kappa shape index (κ1) is 17.4. The Labute approximate surface area is 123 Å². The summed E-state index contributed by atoms with van der Waals surface area (Å²) in [6.45, 7) is 9.65. The van der Waals surface area contributed by atoms with Gasteiger partial charge in [-0.2, -0.15) is 0 Å². The van der Waals surface area contributed by atoms with E-state index in [0.717, 1.165) is 45.6 Å². The monoisotopic (exact) mass is 286 g/mol. The number of esters is 1. The maximum Gasteiger partial charge on any atom is 0.326 e. The number of nitrogens with one attached hydrogen (secondary N) is 1. The molecule has 0 spiro atoms. The maximum atomic E-state index is 12.2. The van der Waals surface area contributed by atoms with Gasteiger partial charge in [0, 0.05) is 19.2 Å². The lowest BCUT2D eigenvalue weighted by Gasteiger charge is -2.32. The molecule has 1 heterocycles. The van der Waals surface area contributed by atoms with Gasteiger partial charge in [-0.1, -0.05) is 6.92 Å². The van der Waals surface area contributed by atoms with E-state index < -0.39 is 5.54 Å². The predicted octanol–water partition coefficient (Wildman–Crippen LogP) is 1.42. The van der Waals surface area contributed by atoms with E-state index in [-0.39, 0.29) is 5.97 Å². The van der Waals surface area contributed by atoms with Crippen LogP contribution in [0, 0.1) is 0 Å². The van der Waals surface area contributed by atoms with Crippen molar-refractivity contribution >= 4 is 5.97 Å². The highest BCUT2D eigenvalue weighted by Crippen LogP contribution is 2.16. The molecule has 0 bridgehead atoms. The fourth-order valence-electron chi connectivity index (χ4n) is 2.41. The molecule has 0 saturated carbocycles. The van der Waals surface area contributed by atoms with Crippen LogP contribution in [0.5, 0.6) is 0 Å². The van der Waals surface area contributed by atoms with Gasteiger partial charge in [-0.15, -0.1) is 0 Å². The van der Waals surface area contributed by atoms with Crippen molar-refractivity contribution in [1.29, 1.82) is 0 Å². The zero-order valence-corrected chi connectivity index (χ0v) is 13.4. The van der Waals surface area contributed by atoms with E-state index in [1.165, 1.54) is 0 Å². The summed E-state index contributed by atoms with van der Waals surface area (Å²) in [4.78, 5) is 14.5. The Balaban J connectivity index is 2.52. The average molecular weight is 286 g/mol. The van der Waals surface area contributed by atoms with Crippen molar-refractivity contribution in [2.24, 2.45) is 0 Å². The van der Waals surface area contributed by atoms with Gasteiger partial charge in [-0.05, 0) is 46.7 Å². The molecule has 2 atom stereocenters. The van der Waals surface area contributed by atoms with Crippen LogP contribution in [-0.2, 0) is 14.3 Å². The lowest BCUT2D eigenvalue weighted by molar-refractivity contribution is -0.151. The van der Waals surface area contributed by atoms with E-state index in [1.807, 2.05) is 13.8 Å². The van der Waals surface area contributed by atoms with Gasteiger partial charge in [0.2, 0.25) is 0 Å². The summed E-state index contributed by atoms with van der Waals surface area (Å²) in [5, 5.41) is 3.34. The number of carbonyl (C=O) groups is 1. The van der Waals surface area contributed by atoms with Gasteiger partial charge < -0.3 is 19.7 Å². The minimum atomic E-state index is -0.597. The molecule has 1 aliphatic rings. The van der Waals surface area contributed by atoms with Crippen molar-refractivity contribution in [3.8, 4) is 0 Å². The fraction of sp³-hybridized carbons (Fsp3) is 0.933. The molecule has 5 nitrogen and oxygen atoms in total. The normalized spacial score (nSPS) is 21.9. The van der Waals surface area contributed by atoms with Crippen LogP contribution in [0.4, 0.5) is 0 Å². The fourth-order valence-corrected chi connectivity index (χ4v) is 2.41. The molecule has 0 radical (unpaired) electrons. The Bertz CT molecular complexity index is 293. The smallest absolute Gasteiger partial charge is 0.326 e. The largest absolute Gasteiger partial charge is 0.465 e. The van der Waals surface area contributed by atoms with E-state index in [0.29, 0.717) is 12.6 Å². The lowest BCUT2D eigenvalue weighted by atomic mass is 9.97. The molecular formula is C15H30N2O3. The van der Waals surface area contributed by atoms with Crippen molar-refractivity contribution in [2.75, 3.05) is 40.0 Å². The van der Waals surface area contributed by atoms with Crippen molar-refractivity contribution in [3.63, 3.8) is 0 Å². The van der Waals surface area contributed by atoms with Gasteiger partial charge in [0.15, 0.2) is 0 Å². The Kier molecular flexibility index (Phi) is 7.48. The summed E-state index contributed by atoms with van der Waals surface area (Å²) >= 11 is 0. The second-order valence-electron chi connectivity index (χ2n) is 5.73. The highest BCUT2D eigenvalue weighted by Gasteiger charge is 2.34. The first-order chi connectivity index (χ1) is 9.53. The average Bonchev–Trinajstić information content (AvgIpc) is 2.97. The first-order valence-electron chi connectivity index (χ1n) is 7.73. The van der Waals surface area contributed by atoms with Crippen molar-refractivity contribution in [1.82, 2.24) is 10.2 Å². The topological polar surface area (TPSA) is 50.8 Å². The third-order valence-electron chi connectivity index (χ3n) is 3.98. The molecule has 0 aliphatic carbocycles. The van der Waals surface area contributed by atoms with Crippen LogP contribution in [0.15, 0.2) is 0 Å². The van der Waals surface area contributed by atoms with Crippen LogP contribution in [0.3, 0.4) is 0 Å². The van der Waals surface area contributed by atoms with Gasteiger partial charge >= 0.3 is 5.97 Å². The Morgan fingerprint density at radius 2 is 2.25 bits per heavy atom. The first-order valence-corrected chi connectivity index (χ1v) is 7.73. The third kappa shape index (κ3) is 5.04. The zero-order chi connectivity index (χ0) is 15.0. The van der Waals surface area contributed by atoms with Gasteiger partial charge in [-0.3, -0.25) is 4.79 Å². The van der Waals surface area contributed by atoms with E-state index in [2.05, 4.69) is 24.2 Å². The Hall–Kier alpha value is -0.650. The number of hydrogen-bond acceptors (Lipinski definition) is 5. The number of nitrogens with zero attached hydrogens (tertiary/aromatic N) is 1. The summed E-state index contributed by atoms with van der Waals surface area (Å²) in [7, 11) is 2.10. The Morgan fingerprint density at radius 3 is 2.80 bits per heavy atom. The van der Waals surface area contributed by atoms with Crippen molar-refractivity contribution in [3.05, 3.63) is 0 Å². The van der Waals surface area contributed by atoms with Crippen LogP contribution in [0.2, 0.25) is 0 Å². The summed E-state index contributed by atoms with van der Waals surface area (Å²) in [6, 6.07) is 0.479. The molecule has 0 aromatic rings. The number of likely N-dealkylation sites (N-methyl/N-ethyl adjacent to an activating group) is 1. The van der Waals surface area contributed by atoms with Crippen LogP contribution in [-0.4, -0.2) is 62.4 Å². The van der Waals surface area contributed by atoms with Crippen LogP contribution in [0.1, 0.15) is 40.0 Å². The second-order valence-corrected chi connectivity index (χ2v) is 5.73.